The lowest BCUT2D eigenvalue weighted by Gasteiger charge is -2.46. The van der Waals surface area contributed by atoms with E-state index in [4.69, 9.17) is 35.3 Å². The summed E-state index contributed by atoms with van der Waals surface area (Å²) in [4.78, 5) is 0. The maximum absolute atomic E-state index is 10.7. The van der Waals surface area contributed by atoms with Gasteiger partial charge in [0.25, 0.3) is 0 Å². The zero-order valence-electron chi connectivity index (χ0n) is 27.7. The van der Waals surface area contributed by atoms with Crippen molar-refractivity contribution in [1.82, 2.24) is 0 Å². The third-order valence-electron chi connectivity index (χ3n) is 8.70. The Bertz CT molecular complexity index is 1700. The molecule has 1 aliphatic rings. The van der Waals surface area contributed by atoms with Crippen LogP contribution in [0.1, 0.15) is 46.4 Å². The number of benzene rings is 5. The molecule has 5 atom stereocenters. The van der Waals surface area contributed by atoms with Crippen molar-refractivity contribution in [3.8, 4) is 5.75 Å². The molecule has 6 rings (SSSR count). The van der Waals surface area contributed by atoms with E-state index in [2.05, 4.69) is 18.2 Å². The molecule has 1 saturated heterocycles. The molecule has 0 unspecified atom stereocenters. The Morgan fingerprint density at radius 1 is 0.612 bits per heavy atom. The second-order valence-corrected chi connectivity index (χ2v) is 12.6. The number of hydrogen-bond donors (Lipinski definition) is 1. The highest BCUT2D eigenvalue weighted by Gasteiger charge is 2.48. The largest absolute Gasteiger partial charge is 0.494 e. The zero-order valence-corrected chi connectivity index (χ0v) is 28.5. The van der Waals surface area contributed by atoms with E-state index in [-0.39, 0.29) is 6.61 Å². The van der Waals surface area contributed by atoms with Gasteiger partial charge in [-0.25, -0.2) is 0 Å². The third-order valence-corrected chi connectivity index (χ3v) is 9.07. The summed E-state index contributed by atoms with van der Waals surface area (Å²) in [5.74, 6) is 0.834. The zero-order chi connectivity index (χ0) is 33.8. The van der Waals surface area contributed by atoms with Gasteiger partial charge in [-0.2, -0.15) is 0 Å². The summed E-state index contributed by atoms with van der Waals surface area (Å²) in [6.07, 6.45) is -2.38. The Balaban J connectivity index is 1.34. The van der Waals surface area contributed by atoms with E-state index in [0.29, 0.717) is 37.9 Å². The maximum Gasteiger partial charge on any atom is 0.119 e. The van der Waals surface area contributed by atoms with Crippen LogP contribution in [0, 0.1) is 0 Å². The molecule has 0 saturated carbocycles. The second kappa shape index (κ2) is 17.6. The topological polar surface area (TPSA) is 66.4 Å². The van der Waals surface area contributed by atoms with Gasteiger partial charge in [-0.15, -0.1) is 0 Å². The Kier molecular flexibility index (Phi) is 12.5. The summed E-state index contributed by atoms with van der Waals surface area (Å²) >= 11 is 6.79. The number of aliphatic hydroxyl groups excluding tert-OH is 1. The minimum absolute atomic E-state index is 0.251. The Labute approximate surface area is 294 Å². The molecule has 5 aromatic rings. The minimum Gasteiger partial charge on any atom is -0.494 e. The average molecular weight is 679 g/mol. The van der Waals surface area contributed by atoms with Crippen LogP contribution in [-0.2, 0) is 45.2 Å². The molecule has 49 heavy (non-hydrogen) atoms. The maximum atomic E-state index is 10.7. The van der Waals surface area contributed by atoms with Crippen LogP contribution >= 0.6 is 11.6 Å². The number of hydrogen-bond acceptors (Lipinski definition) is 6. The fraction of sp³-hybridized carbons (Fsp3) is 0.286. The molecule has 0 amide bonds. The fourth-order valence-electron chi connectivity index (χ4n) is 6.20. The molecule has 1 heterocycles. The molecule has 0 spiro atoms. The van der Waals surface area contributed by atoms with Crippen LogP contribution in [0.5, 0.6) is 5.75 Å². The van der Waals surface area contributed by atoms with Crippen LogP contribution < -0.4 is 4.74 Å². The average Bonchev–Trinajstić information content (AvgIpc) is 3.15. The monoisotopic (exact) mass is 678 g/mol. The van der Waals surface area contributed by atoms with Crippen molar-refractivity contribution in [2.75, 3.05) is 13.2 Å². The first-order valence-corrected chi connectivity index (χ1v) is 17.2. The molecule has 5 aromatic carbocycles. The summed E-state index contributed by atoms with van der Waals surface area (Å²) in [5, 5.41) is 11.4. The first-order valence-electron chi connectivity index (χ1n) is 16.8. The normalized spacial score (nSPS) is 20.6. The highest BCUT2D eigenvalue weighted by molar-refractivity contribution is 6.31. The Morgan fingerprint density at radius 2 is 1.14 bits per heavy atom. The van der Waals surface area contributed by atoms with E-state index in [1.165, 1.54) is 0 Å². The van der Waals surface area contributed by atoms with E-state index >= 15 is 0 Å². The van der Waals surface area contributed by atoms with Crippen LogP contribution in [0.25, 0.3) is 0 Å². The lowest BCUT2D eigenvalue weighted by Crippen LogP contribution is -2.58. The predicted molar refractivity (Wildman–Crippen MR) is 192 cm³/mol. The fourth-order valence-corrected chi connectivity index (χ4v) is 6.38. The minimum atomic E-state index is -0.670. The lowest BCUT2D eigenvalue weighted by molar-refractivity contribution is -0.272. The van der Waals surface area contributed by atoms with E-state index in [0.717, 1.165) is 39.1 Å². The van der Waals surface area contributed by atoms with Crippen LogP contribution in [0.3, 0.4) is 0 Å². The van der Waals surface area contributed by atoms with Crippen LogP contribution in [-0.4, -0.2) is 42.7 Å². The van der Waals surface area contributed by atoms with Gasteiger partial charge >= 0.3 is 0 Å². The van der Waals surface area contributed by atoms with E-state index in [9.17, 15) is 5.11 Å². The molecular weight excluding hydrogens is 636 g/mol. The van der Waals surface area contributed by atoms with Crippen molar-refractivity contribution in [1.29, 1.82) is 0 Å². The predicted octanol–water partition coefficient (Wildman–Crippen LogP) is 8.52. The molecular formula is C42H43ClO6. The van der Waals surface area contributed by atoms with Gasteiger partial charge in [0.05, 0.1) is 33.0 Å². The smallest absolute Gasteiger partial charge is 0.119 e. The van der Waals surface area contributed by atoms with Crippen LogP contribution in [0.4, 0.5) is 0 Å². The number of ether oxygens (including phenoxy) is 5. The molecule has 254 valence electrons. The summed E-state index contributed by atoms with van der Waals surface area (Å²) in [6.45, 7) is 3.36. The van der Waals surface area contributed by atoms with Crippen molar-refractivity contribution in [3.05, 3.63) is 172 Å². The van der Waals surface area contributed by atoms with Crippen molar-refractivity contribution in [3.63, 3.8) is 0 Å². The van der Waals surface area contributed by atoms with Crippen LogP contribution in [0.2, 0.25) is 5.02 Å². The van der Waals surface area contributed by atoms with Crippen molar-refractivity contribution < 1.29 is 28.8 Å². The van der Waals surface area contributed by atoms with Gasteiger partial charge in [-0.1, -0.05) is 127 Å². The summed E-state index contributed by atoms with van der Waals surface area (Å²) in [6, 6.07) is 44.1. The molecule has 0 aromatic heterocycles. The van der Waals surface area contributed by atoms with Gasteiger partial charge in [-0.3, -0.25) is 0 Å². The highest BCUT2D eigenvalue weighted by Crippen LogP contribution is 2.39. The third kappa shape index (κ3) is 9.37. The second-order valence-electron chi connectivity index (χ2n) is 12.2. The van der Waals surface area contributed by atoms with Gasteiger partial charge in [-0.05, 0) is 64.9 Å². The van der Waals surface area contributed by atoms with Gasteiger partial charge in [0.1, 0.15) is 36.3 Å². The van der Waals surface area contributed by atoms with E-state index in [1.54, 1.807) is 0 Å². The standard InChI is InChI=1S/C42H43ClO6/c1-2-45-36-21-18-30(19-22-36)24-35-25-34(20-23-37(35)43)39-41(47-28-32-14-8-4-9-15-32)42(48-29-33-16-10-5-11-17-33)40(38(26-44)49-39)46-27-31-12-6-3-7-13-31/h3-23,25,38-42,44H,2,24,26-29H2,1H3/t38-,39+,40-,41+,42+/m1/s1. The molecule has 0 radical (unpaired) electrons. The van der Waals surface area contributed by atoms with Crippen molar-refractivity contribution in [2.24, 2.45) is 0 Å². The summed E-state index contributed by atoms with van der Waals surface area (Å²) in [7, 11) is 0. The van der Waals surface area contributed by atoms with Crippen molar-refractivity contribution >= 4 is 11.6 Å². The molecule has 1 aliphatic heterocycles. The number of aliphatic hydroxyl groups is 1. The first kappa shape index (κ1) is 34.8. The van der Waals surface area contributed by atoms with E-state index < -0.39 is 30.5 Å². The quantitative estimate of drug-likeness (QED) is 0.120. The summed E-state index contributed by atoms with van der Waals surface area (Å²) in [5.41, 5.74) is 6.02. The molecule has 6 nitrogen and oxygen atoms in total. The van der Waals surface area contributed by atoms with Gasteiger partial charge in [0.15, 0.2) is 0 Å². The molecule has 0 bridgehead atoms. The Morgan fingerprint density at radius 3 is 1.67 bits per heavy atom. The SMILES string of the molecule is CCOc1ccc(Cc2cc([C@@H]3O[C@H](CO)[C@@H](OCc4ccccc4)[C@H](OCc4ccccc4)[C@H]3OCc3ccccc3)ccc2Cl)cc1. The highest BCUT2D eigenvalue weighted by atomic mass is 35.5. The molecule has 7 heteroatoms. The molecule has 0 aliphatic carbocycles. The summed E-state index contributed by atoms with van der Waals surface area (Å²) < 4.78 is 32.5. The molecule has 1 N–H and O–H groups in total. The van der Waals surface area contributed by atoms with Gasteiger partial charge < -0.3 is 28.8 Å². The molecule has 1 fully saturated rings. The van der Waals surface area contributed by atoms with Gasteiger partial charge in [0, 0.05) is 5.02 Å². The van der Waals surface area contributed by atoms with Crippen LogP contribution in [0.15, 0.2) is 133 Å². The van der Waals surface area contributed by atoms with E-state index in [1.807, 2.05) is 122 Å². The first-order chi connectivity index (χ1) is 24.1. The Hall–Kier alpha value is -4.01. The van der Waals surface area contributed by atoms with Gasteiger partial charge in [0.2, 0.25) is 0 Å². The van der Waals surface area contributed by atoms with Crippen molar-refractivity contribution in [2.45, 2.75) is 63.7 Å². The number of rotatable bonds is 15. The number of halogens is 1. The lowest BCUT2D eigenvalue weighted by atomic mass is 9.89.